The van der Waals surface area contributed by atoms with Crippen molar-refractivity contribution in [2.24, 2.45) is 0 Å². The van der Waals surface area contributed by atoms with Crippen molar-refractivity contribution in [2.75, 3.05) is 17.2 Å². The topological polar surface area (TPSA) is 93.7 Å². The van der Waals surface area contributed by atoms with E-state index in [0.29, 0.717) is 22.5 Å². The zero-order valence-corrected chi connectivity index (χ0v) is 15.1. The molecule has 0 aliphatic heterocycles. The molecule has 0 aliphatic carbocycles. The molecule has 0 atom stereocenters. The molecule has 2 amide bonds. The van der Waals surface area contributed by atoms with Crippen molar-refractivity contribution in [2.45, 2.75) is 13.8 Å². The van der Waals surface area contributed by atoms with E-state index in [-0.39, 0.29) is 24.2 Å². The van der Waals surface area contributed by atoms with Gasteiger partial charge >= 0.3 is 6.16 Å². The highest BCUT2D eigenvalue weighted by Gasteiger charge is 2.12. The Morgan fingerprint density at radius 3 is 2.11 bits per heavy atom. The summed E-state index contributed by atoms with van der Waals surface area (Å²) in [6.07, 6.45) is -0.808. The number of amides is 2. The van der Waals surface area contributed by atoms with E-state index < -0.39 is 6.16 Å². The Kier molecular flexibility index (Phi) is 6.71. The summed E-state index contributed by atoms with van der Waals surface area (Å²) in [7, 11) is 0. The zero-order chi connectivity index (χ0) is 19.8. The third-order valence-corrected chi connectivity index (χ3v) is 3.39. The van der Waals surface area contributed by atoms with Crippen LogP contribution >= 0.6 is 0 Å². The van der Waals surface area contributed by atoms with Crippen molar-refractivity contribution in [1.82, 2.24) is 0 Å². The molecule has 27 heavy (non-hydrogen) atoms. The van der Waals surface area contributed by atoms with Crippen molar-refractivity contribution in [1.29, 1.82) is 0 Å². The van der Waals surface area contributed by atoms with E-state index in [1.165, 1.54) is 24.3 Å². The number of carbonyl (C=O) groups excluding carboxylic acids is 3. The van der Waals surface area contributed by atoms with Crippen LogP contribution in [0, 0.1) is 0 Å². The molecule has 2 rings (SSSR count). The van der Waals surface area contributed by atoms with Crippen LogP contribution < -0.4 is 15.4 Å². The molecule has 7 heteroatoms. The van der Waals surface area contributed by atoms with Crippen molar-refractivity contribution in [3.8, 4) is 5.75 Å². The Balaban J connectivity index is 2.08. The maximum absolute atomic E-state index is 12.4. The highest BCUT2D eigenvalue weighted by Crippen LogP contribution is 2.23. The fraction of sp³-hybridized carbons (Fsp3) is 0.150. The average molecular weight is 368 g/mol. The summed E-state index contributed by atoms with van der Waals surface area (Å²) in [5.41, 5.74) is 1.62. The molecule has 0 heterocycles. The number of anilines is 2. The summed E-state index contributed by atoms with van der Waals surface area (Å²) >= 11 is 0. The van der Waals surface area contributed by atoms with Gasteiger partial charge in [0.05, 0.1) is 18.0 Å². The van der Waals surface area contributed by atoms with Crippen LogP contribution in [0.25, 0.3) is 0 Å². The lowest BCUT2D eigenvalue weighted by atomic mass is 10.2. The molecule has 2 N–H and O–H groups in total. The normalized spacial score (nSPS) is 9.85. The SMILES string of the molecule is C=C(C)C(=O)Nc1ccccc1NC(=O)c1ccc(OC(=O)OCC)cc1. The van der Waals surface area contributed by atoms with Gasteiger partial charge in [0.1, 0.15) is 5.75 Å². The minimum atomic E-state index is -0.808. The summed E-state index contributed by atoms with van der Waals surface area (Å²) in [5, 5.41) is 5.42. The van der Waals surface area contributed by atoms with Crippen molar-refractivity contribution in [3.05, 3.63) is 66.2 Å². The van der Waals surface area contributed by atoms with E-state index in [4.69, 9.17) is 4.74 Å². The first-order chi connectivity index (χ1) is 12.9. The molecule has 2 aromatic rings. The molecule has 7 nitrogen and oxygen atoms in total. The minimum absolute atomic E-state index is 0.209. The number of rotatable bonds is 6. The van der Waals surface area contributed by atoms with E-state index in [1.807, 2.05) is 0 Å². The quantitative estimate of drug-likeness (QED) is 0.457. The second kappa shape index (κ2) is 9.19. The Hall–Kier alpha value is -3.61. The third kappa shape index (κ3) is 5.71. The van der Waals surface area contributed by atoms with Gasteiger partial charge in [-0.3, -0.25) is 9.59 Å². The Morgan fingerprint density at radius 1 is 0.963 bits per heavy atom. The molecular formula is C20H20N2O5. The molecule has 140 valence electrons. The highest BCUT2D eigenvalue weighted by molar-refractivity contribution is 6.09. The fourth-order valence-electron chi connectivity index (χ4n) is 2.04. The van der Waals surface area contributed by atoms with E-state index in [2.05, 4.69) is 21.9 Å². The molecular weight excluding hydrogens is 348 g/mol. The smallest absolute Gasteiger partial charge is 0.434 e. The molecule has 0 aliphatic rings. The van der Waals surface area contributed by atoms with E-state index in [1.54, 1.807) is 38.1 Å². The Labute approximate surface area is 157 Å². The second-order valence-corrected chi connectivity index (χ2v) is 5.54. The van der Waals surface area contributed by atoms with Gasteiger partial charge in [-0.05, 0) is 50.2 Å². The van der Waals surface area contributed by atoms with Crippen molar-refractivity contribution >= 4 is 29.3 Å². The lowest BCUT2D eigenvalue weighted by molar-refractivity contribution is -0.112. The lowest BCUT2D eigenvalue weighted by Gasteiger charge is -2.12. The molecule has 2 aromatic carbocycles. The van der Waals surface area contributed by atoms with E-state index >= 15 is 0 Å². The van der Waals surface area contributed by atoms with Gasteiger partial charge in [-0.1, -0.05) is 18.7 Å². The predicted molar refractivity (Wildman–Crippen MR) is 102 cm³/mol. The van der Waals surface area contributed by atoms with Gasteiger partial charge in [0.15, 0.2) is 0 Å². The van der Waals surface area contributed by atoms with Crippen LogP contribution in [0.3, 0.4) is 0 Å². The highest BCUT2D eigenvalue weighted by atomic mass is 16.7. The maximum Gasteiger partial charge on any atom is 0.513 e. The van der Waals surface area contributed by atoms with E-state index in [9.17, 15) is 14.4 Å². The first kappa shape index (κ1) is 19.7. The molecule has 0 radical (unpaired) electrons. The van der Waals surface area contributed by atoms with Crippen LogP contribution in [0.1, 0.15) is 24.2 Å². The molecule has 0 saturated carbocycles. The number of hydrogen-bond donors (Lipinski definition) is 2. The van der Waals surface area contributed by atoms with Crippen LogP contribution in [-0.4, -0.2) is 24.6 Å². The first-order valence-corrected chi connectivity index (χ1v) is 8.22. The van der Waals surface area contributed by atoms with Gasteiger partial charge in [0, 0.05) is 11.1 Å². The summed E-state index contributed by atoms with van der Waals surface area (Å²) in [6, 6.07) is 12.8. The number of nitrogens with one attached hydrogen (secondary N) is 2. The van der Waals surface area contributed by atoms with Gasteiger partial charge in [-0.25, -0.2) is 4.79 Å². The molecule has 0 bridgehead atoms. The third-order valence-electron chi connectivity index (χ3n) is 3.39. The largest absolute Gasteiger partial charge is 0.513 e. The van der Waals surface area contributed by atoms with Crippen LogP contribution in [0.4, 0.5) is 16.2 Å². The fourth-order valence-corrected chi connectivity index (χ4v) is 2.04. The molecule has 0 aromatic heterocycles. The lowest BCUT2D eigenvalue weighted by Crippen LogP contribution is -2.17. The molecule has 0 spiro atoms. The number of carbonyl (C=O) groups is 3. The number of para-hydroxylation sites is 2. The summed E-state index contributed by atoms with van der Waals surface area (Å²) in [6.45, 7) is 7.06. The van der Waals surface area contributed by atoms with Gasteiger partial charge in [0.2, 0.25) is 0 Å². The van der Waals surface area contributed by atoms with Crippen molar-refractivity contribution < 1.29 is 23.9 Å². The molecule has 0 fully saturated rings. The number of hydrogen-bond acceptors (Lipinski definition) is 5. The Morgan fingerprint density at radius 2 is 1.56 bits per heavy atom. The van der Waals surface area contributed by atoms with Crippen LogP contribution in [0.5, 0.6) is 5.75 Å². The molecule has 0 saturated heterocycles. The van der Waals surface area contributed by atoms with E-state index in [0.717, 1.165) is 0 Å². The van der Waals surface area contributed by atoms with Gasteiger partial charge in [0.25, 0.3) is 11.8 Å². The summed E-state index contributed by atoms with van der Waals surface area (Å²) in [4.78, 5) is 35.5. The maximum atomic E-state index is 12.4. The average Bonchev–Trinajstić information content (AvgIpc) is 2.64. The van der Waals surface area contributed by atoms with Crippen molar-refractivity contribution in [3.63, 3.8) is 0 Å². The minimum Gasteiger partial charge on any atom is -0.434 e. The second-order valence-electron chi connectivity index (χ2n) is 5.54. The zero-order valence-electron chi connectivity index (χ0n) is 15.1. The standard InChI is InChI=1S/C20H20N2O5/c1-4-26-20(25)27-15-11-9-14(10-12-15)19(24)22-17-8-6-5-7-16(17)21-18(23)13(2)3/h5-12H,2,4H2,1,3H3,(H,21,23)(H,22,24). The van der Waals surface area contributed by atoms with Crippen LogP contribution in [0.2, 0.25) is 0 Å². The first-order valence-electron chi connectivity index (χ1n) is 8.22. The monoisotopic (exact) mass is 368 g/mol. The summed E-state index contributed by atoms with van der Waals surface area (Å²) in [5.74, 6) is -0.453. The number of ether oxygens (including phenoxy) is 2. The number of benzene rings is 2. The van der Waals surface area contributed by atoms with Crippen LogP contribution in [-0.2, 0) is 9.53 Å². The Bertz CT molecular complexity index is 859. The molecule has 0 unspecified atom stereocenters. The van der Waals surface area contributed by atoms with Gasteiger partial charge in [-0.2, -0.15) is 0 Å². The predicted octanol–water partition coefficient (Wildman–Crippen LogP) is 3.99. The van der Waals surface area contributed by atoms with Gasteiger partial charge in [-0.15, -0.1) is 0 Å². The van der Waals surface area contributed by atoms with Crippen LogP contribution in [0.15, 0.2) is 60.7 Å². The summed E-state index contributed by atoms with van der Waals surface area (Å²) < 4.78 is 9.63. The van der Waals surface area contributed by atoms with Gasteiger partial charge < -0.3 is 20.1 Å².